The van der Waals surface area contributed by atoms with Gasteiger partial charge in [0.1, 0.15) is 5.82 Å². The minimum absolute atomic E-state index is 0.0980. The molecule has 0 saturated carbocycles. The third-order valence-corrected chi connectivity index (χ3v) is 3.03. The largest absolute Gasteiger partial charge is 0.454 e. The predicted molar refractivity (Wildman–Crippen MR) is 70.0 cm³/mol. The van der Waals surface area contributed by atoms with E-state index in [0.717, 1.165) is 12.5 Å². The van der Waals surface area contributed by atoms with Gasteiger partial charge in [0.2, 0.25) is 0 Å². The van der Waals surface area contributed by atoms with Crippen LogP contribution in [-0.4, -0.2) is 31.2 Å². The molecule has 0 radical (unpaired) electrons. The molecule has 1 N–H and O–H groups in total. The Kier molecular flexibility index (Phi) is 4.92. The van der Waals surface area contributed by atoms with Crippen LogP contribution in [0.1, 0.15) is 12.8 Å². The number of hydrogen-bond donors (Lipinski definition) is 1. The zero-order chi connectivity index (χ0) is 14.5. The highest BCUT2D eigenvalue weighted by Gasteiger charge is 2.25. The van der Waals surface area contributed by atoms with Crippen LogP contribution in [0.2, 0.25) is 5.02 Å². The van der Waals surface area contributed by atoms with Gasteiger partial charge in [0.15, 0.2) is 12.7 Å². The van der Waals surface area contributed by atoms with Gasteiger partial charge >= 0.3 is 5.97 Å². The molecule has 1 heterocycles. The van der Waals surface area contributed by atoms with Gasteiger partial charge in [-0.2, -0.15) is 0 Å². The Hall–Kier alpha value is -1.66. The molecule has 2 rings (SSSR count). The number of carbonyl (C=O) groups excluding carboxylic acids is 2. The molecule has 1 aromatic carbocycles. The summed E-state index contributed by atoms with van der Waals surface area (Å²) in [6.07, 6.45) is 0.830. The van der Waals surface area contributed by atoms with E-state index in [9.17, 15) is 14.0 Å². The summed E-state index contributed by atoms with van der Waals surface area (Å²) in [5, 5.41) is 2.35. The molecule has 1 saturated heterocycles. The van der Waals surface area contributed by atoms with Crippen LogP contribution < -0.4 is 5.32 Å². The molecule has 108 valence electrons. The molecule has 0 unspecified atom stereocenters. The molecule has 0 spiro atoms. The van der Waals surface area contributed by atoms with Gasteiger partial charge < -0.3 is 14.8 Å². The zero-order valence-electron chi connectivity index (χ0n) is 10.5. The first-order chi connectivity index (χ1) is 9.56. The summed E-state index contributed by atoms with van der Waals surface area (Å²) in [5.74, 6) is -1.65. The second-order valence-electron chi connectivity index (χ2n) is 4.29. The number of anilines is 1. The number of hydrogen-bond acceptors (Lipinski definition) is 4. The lowest BCUT2D eigenvalue weighted by atomic mass is 10.2. The number of halogens is 2. The molecule has 1 aliphatic heterocycles. The molecule has 5 nitrogen and oxygen atoms in total. The van der Waals surface area contributed by atoms with E-state index in [1.807, 2.05) is 0 Å². The van der Waals surface area contributed by atoms with Crippen molar-refractivity contribution in [2.24, 2.45) is 0 Å². The quantitative estimate of drug-likeness (QED) is 0.865. The molecule has 0 bridgehead atoms. The molecule has 0 aromatic heterocycles. The maximum atomic E-state index is 12.9. The van der Waals surface area contributed by atoms with Gasteiger partial charge in [-0.15, -0.1) is 0 Å². The van der Waals surface area contributed by atoms with E-state index in [0.29, 0.717) is 18.7 Å². The third kappa shape index (κ3) is 3.91. The van der Waals surface area contributed by atoms with Crippen LogP contribution in [-0.2, 0) is 19.1 Å². The molecule has 1 atom stereocenters. The van der Waals surface area contributed by atoms with E-state index >= 15 is 0 Å². The average Bonchev–Trinajstić information content (AvgIpc) is 2.94. The standard InChI is InChI=1S/C13H13ClFNO4/c14-9-6-8(3-4-10(9)15)16-12(17)7-20-13(18)11-2-1-5-19-11/h3-4,6,11H,1-2,5,7H2,(H,16,17)/t11-/m0/s1. The number of benzene rings is 1. The SMILES string of the molecule is O=C(COC(=O)[C@@H]1CCCO1)Nc1ccc(F)c(Cl)c1. The van der Waals surface area contributed by atoms with Crippen LogP contribution in [0.3, 0.4) is 0 Å². The number of carbonyl (C=O) groups is 2. The number of ether oxygens (including phenoxy) is 2. The second kappa shape index (κ2) is 6.67. The number of rotatable bonds is 4. The van der Waals surface area contributed by atoms with Crippen LogP contribution in [0.25, 0.3) is 0 Å². The van der Waals surface area contributed by atoms with Crippen LogP contribution in [0, 0.1) is 5.82 Å². The van der Waals surface area contributed by atoms with Crippen LogP contribution in [0.5, 0.6) is 0 Å². The Labute approximate surface area is 120 Å². The van der Waals surface area contributed by atoms with Crippen LogP contribution in [0.4, 0.5) is 10.1 Å². The molecule has 1 amide bonds. The highest BCUT2D eigenvalue weighted by molar-refractivity contribution is 6.31. The van der Waals surface area contributed by atoms with Crippen molar-refractivity contribution in [1.82, 2.24) is 0 Å². The average molecular weight is 302 g/mol. The first-order valence-electron chi connectivity index (χ1n) is 6.09. The Balaban J connectivity index is 1.80. The van der Waals surface area contributed by atoms with Crippen molar-refractivity contribution in [2.45, 2.75) is 18.9 Å². The first kappa shape index (κ1) is 14.7. The van der Waals surface area contributed by atoms with E-state index in [4.69, 9.17) is 21.1 Å². The van der Waals surface area contributed by atoms with Gasteiger partial charge in [-0.1, -0.05) is 11.6 Å². The monoisotopic (exact) mass is 301 g/mol. The fourth-order valence-corrected chi connectivity index (χ4v) is 1.94. The number of esters is 1. The molecule has 1 fully saturated rings. The highest BCUT2D eigenvalue weighted by atomic mass is 35.5. The smallest absolute Gasteiger partial charge is 0.335 e. The molecule has 1 aromatic rings. The topological polar surface area (TPSA) is 64.6 Å². The zero-order valence-corrected chi connectivity index (χ0v) is 11.3. The van der Waals surface area contributed by atoms with Gasteiger partial charge in [0, 0.05) is 12.3 Å². The first-order valence-corrected chi connectivity index (χ1v) is 6.47. The van der Waals surface area contributed by atoms with Crippen LogP contribution >= 0.6 is 11.6 Å². The van der Waals surface area contributed by atoms with Crippen molar-refractivity contribution < 1.29 is 23.5 Å². The summed E-state index contributed by atoms with van der Waals surface area (Å²) in [6, 6.07) is 3.77. The lowest BCUT2D eigenvalue weighted by Crippen LogP contribution is -2.27. The lowest BCUT2D eigenvalue weighted by molar-refractivity contribution is -0.156. The minimum Gasteiger partial charge on any atom is -0.454 e. The molecule has 20 heavy (non-hydrogen) atoms. The normalized spacial score (nSPS) is 17.8. The Bertz CT molecular complexity index is 517. The summed E-state index contributed by atoms with van der Waals surface area (Å²) in [5.41, 5.74) is 0.328. The highest BCUT2D eigenvalue weighted by Crippen LogP contribution is 2.19. The van der Waals surface area contributed by atoms with E-state index in [2.05, 4.69) is 5.32 Å². The summed E-state index contributed by atoms with van der Waals surface area (Å²) in [6.45, 7) is 0.105. The molecule has 7 heteroatoms. The molecular weight excluding hydrogens is 289 g/mol. The summed E-state index contributed by atoms with van der Waals surface area (Å²) in [4.78, 5) is 23.1. The van der Waals surface area contributed by atoms with Gasteiger partial charge in [-0.05, 0) is 31.0 Å². The van der Waals surface area contributed by atoms with Crippen molar-refractivity contribution in [3.8, 4) is 0 Å². The van der Waals surface area contributed by atoms with Crippen molar-refractivity contribution in [2.75, 3.05) is 18.5 Å². The Morgan fingerprint density at radius 3 is 2.95 bits per heavy atom. The third-order valence-electron chi connectivity index (χ3n) is 2.74. The number of nitrogens with one attached hydrogen (secondary N) is 1. The van der Waals surface area contributed by atoms with E-state index < -0.39 is 30.4 Å². The summed E-state index contributed by atoms with van der Waals surface area (Å²) < 4.78 is 22.9. The summed E-state index contributed by atoms with van der Waals surface area (Å²) >= 11 is 5.58. The summed E-state index contributed by atoms with van der Waals surface area (Å²) in [7, 11) is 0. The molecule has 0 aliphatic carbocycles. The van der Waals surface area contributed by atoms with Crippen molar-refractivity contribution in [3.05, 3.63) is 29.0 Å². The van der Waals surface area contributed by atoms with Crippen molar-refractivity contribution in [3.63, 3.8) is 0 Å². The minimum atomic E-state index is -0.580. The Morgan fingerprint density at radius 1 is 1.50 bits per heavy atom. The van der Waals surface area contributed by atoms with E-state index in [1.165, 1.54) is 12.1 Å². The van der Waals surface area contributed by atoms with E-state index in [-0.39, 0.29) is 5.02 Å². The fraction of sp³-hybridized carbons (Fsp3) is 0.385. The fourth-order valence-electron chi connectivity index (χ4n) is 1.76. The van der Waals surface area contributed by atoms with Gasteiger partial charge in [0.05, 0.1) is 5.02 Å². The predicted octanol–water partition coefficient (Wildman–Crippen LogP) is 2.14. The maximum Gasteiger partial charge on any atom is 0.335 e. The van der Waals surface area contributed by atoms with Crippen molar-refractivity contribution in [1.29, 1.82) is 0 Å². The van der Waals surface area contributed by atoms with Gasteiger partial charge in [-0.3, -0.25) is 4.79 Å². The maximum absolute atomic E-state index is 12.9. The van der Waals surface area contributed by atoms with E-state index in [1.54, 1.807) is 0 Å². The molecular formula is C13H13ClFNO4. The molecule has 1 aliphatic rings. The van der Waals surface area contributed by atoms with Crippen molar-refractivity contribution >= 4 is 29.2 Å². The van der Waals surface area contributed by atoms with Gasteiger partial charge in [0.25, 0.3) is 5.91 Å². The van der Waals surface area contributed by atoms with Crippen LogP contribution in [0.15, 0.2) is 18.2 Å². The number of amides is 1. The second-order valence-corrected chi connectivity index (χ2v) is 4.69. The Morgan fingerprint density at radius 2 is 2.30 bits per heavy atom. The van der Waals surface area contributed by atoms with Gasteiger partial charge in [-0.25, -0.2) is 9.18 Å². The lowest BCUT2D eigenvalue weighted by Gasteiger charge is -2.10.